The number of carbonyl (C=O) groups is 1. The molecule has 3 N–H and O–H groups in total. The summed E-state index contributed by atoms with van der Waals surface area (Å²) in [6.45, 7) is 0.327. The van der Waals surface area contributed by atoms with E-state index in [0.29, 0.717) is 18.4 Å². The molecule has 1 heterocycles. The van der Waals surface area contributed by atoms with Crippen molar-refractivity contribution in [2.45, 2.75) is 44.4 Å². The minimum atomic E-state index is -1.06. The molecule has 94 valence electrons. The van der Waals surface area contributed by atoms with Gasteiger partial charge in [-0.15, -0.1) is 0 Å². The van der Waals surface area contributed by atoms with Gasteiger partial charge in [-0.3, -0.25) is 0 Å². The Hall–Kier alpha value is -1.33. The lowest BCUT2D eigenvalue weighted by molar-refractivity contribution is 0.00538. The average molecular weight is 239 g/mol. The standard InChI is InChI=1S/C12H17NO4/c13-8-1-3-9(4-2-8)16-7-10-5-6-11(17-10)12(14)15/h5-6,8-9H,1-4,7,13H2,(H,14,15). The smallest absolute Gasteiger partial charge is 0.371 e. The first-order valence-corrected chi connectivity index (χ1v) is 5.84. The van der Waals surface area contributed by atoms with Gasteiger partial charge in [-0.2, -0.15) is 0 Å². The minimum absolute atomic E-state index is 0.0470. The van der Waals surface area contributed by atoms with Crippen LogP contribution in [0.5, 0.6) is 0 Å². The number of hydrogen-bond donors (Lipinski definition) is 2. The summed E-state index contributed by atoms with van der Waals surface area (Å²) in [5.74, 6) is -0.550. The van der Waals surface area contributed by atoms with Gasteiger partial charge in [0.2, 0.25) is 5.76 Å². The first-order valence-electron chi connectivity index (χ1n) is 5.84. The van der Waals surface area contributed by atoms with E-state index in [1.807, 2.05) is 0 Å². The maximum Gasteiger partial charge on any atom is 0.371 e. The summed E-state index contributed by atoms with van der Waals surface area (Å²) in [5.41, 5.74) is 5.80. The molecular formula is C12H17NO4. The minimum Gasteiger partial charge on any atom is -0.475 e. The third-order valence-corrected chi connectivity index (χ3v) is 3.05. The second-order valence-corrected chi connectivity index (χ2v) is 4.42. The summed E-state index contributed by atoms with van der Waals surface area (Å²) in [6.07, 6.45) is 4.13. The summed E-state index contributed by atoms with van der Waals surface area (Å²) in [4.78, 5) is 10.6. The Morgan fingerprint density at radius 1 is 1.41 bits per heavy atom. The van der Waals surface area contributed by atoms with Gasteiger partial charge in [-0.25, -0.2) is 4.79 Å². The van der Waals surface area contributed by atoms with Crippen molar-refractivity contribution in [1.82, 2.24) is 0 Å². The molecule has 0 unspecified atom stereocenters. The Morgan fingerprint density at radius 3 is 2.71 bits per heavy atom. The van der Waals surface area contributed by atoms with E-state index in [1.54, 1.807) is 6.07 Å². The summed E-state index contributed by atoms with van der Waals surface area (Å²) >= 11 is 0. The molecule has 1 aliphatic rings. The molecule has 0 aromatic carbocycles. The SMILES string of the molecule is NC1CCC(OCc2ccc(C(=O)O)o2)CC1. The van der Waals surface area contributed by atoms with Crippen LogP contribution in [0.25, 0.3) is 0 Å². The fourth-order valence-electron chi connectivity index (χ4n) is 2.03. The van der Waals surface area contributed by atoms with E-state index < -0.39 is 5.97 Å². The first kappa shape index (κ1) is 12.1. The van der Waals surface area contributed by atoms with Gasteiger partial charge in [0.15, 0.2) is 0 Å². The highest BCUT2D eigenvalue weighted by atomic mass is 16.5. The molecule has 0 spiro atoms. The number of carboxylic acids is 1. The Morgan fingerprint density at radius 2 is 2.12 bits per heavy atom. The van der Waals surface area contributed by atoms with Crippen LogP contribution in [-0.2, 0) is 11.3 Å². The zero-order valence-corrected chi connectivity index (χ0v) is 9.59. The van der Waals surface area contributed by atoms with Crippen molar-refractivity contribution in [1.29, 1.82) is 0 Å². The molecule has 0 saturated heterocycles. The monoisotopic (exact) mass is 239 g/mol. The second-order valence-electron chi connectivity index (χ2n) is 4.42. The summed E-state index contributed by atoms with van der Waals surface area (Å²) in [6, 6.07) is 3.38. The number of aromatic carboxylic acids is 1. The Labute approximate surface area is 99.5 Å². The number of hydrogen-bond acceptors (Lipinski definition) is 4. The van der Waals surface area contributed by atoms with Crippen LogP contribution in [0.2, 0.25) is 0 Å². The largest absolute Gasteiger partial charge is 0.475 e. The van der Waals surface area contributed by atoms with E-state index in [-0.39, 0.29) is 11.9 Å². The average Bonchev–Trinajstić information content (AvgIpc) is 2.77. The van der Waals surface area contributed by atoms with Crippen molar-refractivity contribution in [2.75, 3.05) is 0 Å². The summed E-state index contributed by atoms with van der Waals surface area (Å²) in [7, 11) is 0. The van der Waals surface area contributed by atoms with Crippen molar-refractivity contribution in [3.8, 4) is 0 Å². The second kappa shape index (κ2) is 5.33. The van der Waals surface area contributed by atoms with Crippen LogP contribution in [0, 0.1) is 0 Å². The zero-order valence-electron chi connectivity index (χ0n) is 9.59. The lowest BCUT2D eigenvalue weighted by Gasteiger charge is -2.25. The van der Waals surface area contributed by atoms with Crippen molar-refractivity contribution in [2.24, 2.45) is 5.73 Å². The summed E-state index contributed by atoms with van der Waals surface area (Å²) in [5, 5.41) is 8.70. The van der Waals surface area contributed by atoms with Crippen molar-refractivity contribution < 1.29 is 19.1 Å². The Balaban J connectivity index is 1.79. The van der Waals surface area contributed by atoms with Crippen LogP contribution >= 0.6 is 0 Å². The third-order valence-electron chi connectivity index (χ3n) is 3.05. The molecule has 5 nitrogen and oxygen atoms in total. The normalized spacial score (nSPS) is 24.8. The molecule has 1 aromatic rings. The molecule has 2 rings (SSSR count). The van der Waals surface area contributed by atoms with E-state index in [1.165, 1.54) is 6.07 Å². The third kappa shape index (κ3) is 3.31. The van der Waals surface area contributed by atoms with E-state index in [2.05, 4.69) is 0 Å². The lowest BCUT2D eigenvalue weighted by Crippen LogP contribution is -2.30. The van der Waals surface area contributed by atoms with Crippen molar-refractivity contribution >= 4 is 5.97 Å². The quantitative estimate of drug-likeness (QED) is 0.836. The fraction of sp³-hybridized carbons (Fsp3) is 0.583. The van der Waals surface area contributed by atoms with Gasteiger partial charge < -0.3 is 20.0 Å². The lowest BCUT2D eigenvalue weighted by atomic mass is 9.94. The summed E-state index contributed by atoms with van der Waals surface area (Å²) < 4.78 is 10.8. The van der Waals surface area contributed by atoms with E-state index >= 15 is 0 Å². The molecule has 5 heteroatoms. The van der Waals surface area contributed by atoms with Gasteiger partial charge in [0, 0.05) is 6.04 Å². The predicted molar refractivity (Wildman–Crippen MR) is 60.7 cm³/mol. The van der Waals surface area contributed by atoms with E-state index in [0.717, 1.165) is 25.7 Å². The molecule has 0 atom stereocenters. The Kier molecular flexibility index (Phi) is 3.81. The van der Waals surface area contributed by atoms with Crippen molar-refractivity contribution in [3.05, 3.63) is 23.7 Å². The highest BCUT2D eigenvalue weighted by molar-refractivity contribution is 5.84. The maximum atomic E-state index is 10.6. The molecule has 0 bridgehead atoms. The molecule has 1 saturated carbocycles. The van der Waals surface area contributed by atoms with Gasteiger partial charge >= 0.3 is 5.97 Å². The molecule has 0 aliphatic heterocycles. The highest BCUT2D eigenvalue weighted by Crippen LogP contribution is 2.21. The van der Waals surface area contributed by atoms with E-state index in [9.17, 15) is 4.79 Å². The van der Waals surface area contributed by atoms with Gasteiger partial charge in [0.25, 0.3) is 0 Å². The molecule has 17 heavy (non-hydrogen) atoms. The number of furan rings is 1. The Bertz CT molecular complexity index is 380. The first-order chi connectivity index (χ1) is 8.15. The topological polar surface area (TPSA) is 85.7 Å². The van der Waals surface area contributed by atoms with E-state index in [4.69, 9.17) is 20.0 Å². The van der Waals surface area contributed by atoms with Gasteiger partial charge in [0.1, 0.15) is 12.4 Å². The number of ether oxygens (including phenoxy) is 1. The number of carboxylic acid groups (broad SMARTS) is 1. The number of rotatable bonds is 4. The highest BCUT2D eigenvalue weighted by Gasteiger charge is 2.19. The van der Waals surface area contributed by atoms with Gasteiger partial charge in [-0.1, -0.05) is 0 Å². The van der Waals surface area contributed by atoms with Crippen LogP contribution in [0.15, 0.2) is 16.5 Å². The molecule has 0 amide bonds. The van der Waals surface area contributed by atoms with Crippen LogP contribution in [0.1, 0.15) is 42.0 Å². The van der Waals surface area contributed by atoms with Crippen LogP contribution < -0.4 is 5.73 Å². The van der Waals surface area contributed by atoms with Crippen LogP contribution in [0.3, 0.4) is 0 Å². The van der Waals surface area contributed by atoms with Crippen LogP contribution in [0.4, 0.5) is 0 Å². The number of nitrogens with two attached hydrogens (primary N) is 1. The predicted octanol–water partition coefficient (Wildman–Crippen LogP) is 1.76. The molecule has 1 aromatic heterocycles. The molecule has 0 radical (unpaired) electrons. The molecule has 1 aliphatic carbocycles. The zero-order chi connectivity index (χ0) is 12.3. The van der Waals surface area contributed by atoms with Crippen LogP contribution in [-0.4, -0.2) is 23.2 Å². The van der Waals surface area contributed by atoms with Crippen molar-refractivity contribution in [3.63, 3.8) is 0 Å². The fourth-order valence-corrected chi connectivity index (χ4v) is 2.03. The van der Waals surface area contributed by atoms with Gasteiger partial charge in [0.05, 0.1) is 6.10 Å². The maximum absolute atomic E-state index is 10.6. The molecule has 1 fully saturated rings. The molecular weight excluding hydrogens is 222 g/mol. The van der Waals surface area contributed by atoms with Gasteiger partial charge in [-0.05, 0) is 37.8 Å².